The van der Waals surface area contributed by atoms with Gasteiger partial charge in [-0.05, 0) is 28.4 Å². The molecule has 0 aliphatic heterocycles. The standard InChI is InChI=1S/C11H12BrF2NO2/c1-2-3-9(11(16)17)15-10-5-7(13)6(12)4-8(10)14/h4-5,9,15H,2-3H2,1H3,(H,16,17). The van der Waals surface area contributed by atoms with Gasteiger partial charge in [-0.15, -0.1) is 0 Å². The van der Waals surface area contributed by atoms with Gasteiger partial charge in [0.15, 0.2) is 0 Å². The third kappa shape index (κ3) is 3.66. The van der Waals surface area contributed by atoms with E-state index in [1.54, 1.807) is 0 Å². The van der Waals surface area contributed by atoms with Gasteiger partial charge in [0.25, 0.3) is 0 Å². The number of aliphatic carboxylic acids is 1. The van der Waals surface area contributed by atoms with E-state index < -0.39 is 23.6 Å². The minimum absolute atomic E-state index is 0.00270. The minimum atomic E-state index is -1.09. The van der Waals surface area contributed by atoms with Crippen molar-refractivity contribution in [3.8, 4) is 0 Å². The molecule has 1 rings (SSSR count). The van der Waals surface area contributed by atoms with Crippen molar-refractivity contribution in [1.82, 2.24) is 0 Å². The predicted molar refractivity (Wildman–Crippen MR) is 64.0 cm³/mol. The number of hydrogen-bond acceptors (Lipinski definition) is 2. The van der Waals surface area contributed by atoms with Gasteiger partial charge in [-0.25, -0.2) is 13.6 Å². The molecule has 2 N–H and O–H groups in total. The lowest BCUT2D eigenvalue weighted by molar-refractivity contribution is -0.138. The molecule has 1 atom stereocenters. The summed E-state index contributed by atoms with van der Waals surface area (Å²) < 4.78 is 26.6. The maximum absolute atomic E-state index is 13.4. The minimum Gasteiger partial charge on any atom is -0.480 e. The van der Waals surface area contributed by atoms with Crippen LogP contribution in [0.15, 0.2) is 16.6 Å². The lowest BCUT2D eigenvalue weighted by atomic mass is 10.1. The summed E-state index contributed by atoms with van der Waals surface area (Å²) in [5.41, 5.74) is -0.147. The first kappa shape index (κ1) is 13.9. The molecule has 94 valence electrons. The van der Waals surface area contributed by atoms with E-state index in [1.807, 2.05) is 6.92 Å². The van der Waals surface area contributed by atoms with Crippen LogP contribution >= 0.6 is 15.9 Å². The molecule has 0 heterocycles. The van der Waals surface area contributed by atoms with E-state index in [2.05, 4.69) is 21.2 Å². The number of nitrogens with one attached hydrogen (secondary N) is 1. The summed E-state index contributed by atoms with van der Waals surface area (Å²) in [6.07, 6.45) is 0.969. The highest BCUT2D eigenvalue weighted by atomic mass is 79.9. The fourth-order valence-corrected chi connectivity index (χ4v) is 1.68. The fraction of sp³-hybridized carbons (Fsp3) is 0.364. The van der Waals surface area contributed by atoms with Gasteiger partial charge in [-0.3, -0.25) is 0 Å². The average Bonchev–Trinajstić information content (AvgIpc) is 2.24. The molecule has 3 nitrogen and oxygen atoms in total. The van der Waals surface area contributed by atoms with Crippen molar-refractivity contribution in [3.63, 3.8) is 0 Å². The van der Waals surface area contributed by atoms with Crippen LogP contribution in [-0.4, -0.2) is 17.1 Å². The molecular formula is C11H12BrF2NO2. The van der Waals surface area contributed by atoms with Crippen LogP contribution in [0.3, 0.4) is 0 Å². The van der Waals surface area contributed by atoms with Gasteiger partial charge in [-0.2, -0.15) is 0 Å². The third-order valence-corrected chi connectivity index (χ3v) is 2.82. The zero-order valence-corrected chi connectivity index (χ0v) is 10.7. The molecule has 0 saturated carbocycles. The maximum Gasteiger partial charge on any atom is 0.326 e. The molecule has 0 radical (unpaired) electrons. The number of rotatable bonds is 5. The first-order valence-corrected chi connectivity index (χ1v) is 5.89. The van der Waals surface area contributed by atoms with Crippen molar-refractivity contribution in [2.24, 2.45) is 0 Å². The number of carboxylic acid groups (broad SMARTS) is 1. The van der Waals surface area contributed by atoms with Gasteiger partial charge in [0.2, 0.25) is 0 Å². The van der Waals surface area contributed by atoms with Gasteiger partial charge in [0, 0.05) is 6.07 Å². The highest BCUT2D eigenvalue weighted by Crippen LogP contribution is 2.24. The number of halogens is 3. The van der Waals surface area contributed by atoms with Crippen molar-refractivity contribution < 1.29 is 18.7 Å². The monoisotopic (exact) mass is 307 g/mol. The fourth-order valence-electron chi connectivity index (χ4n) is 1.37. The van der Waals surface area contributed by atoms with Crippen molar-refractivity contribution in [1.29, 1.82) is 0 Å². The van der Waals surface area contributed by atoms with Crippen LogP contribution in [0.5, 0.6) is 0 Å². The van der Waals surface area contributed by atoms with Gasteiger partial charge >= 0.3 is 5.97 Å². The molecule has 1 unspecified atom stereocenters. The molecule has 0 aliphatic carbocycles. The summed E-state index contributed by atoms with van der Waals surface area (Å²) in [6, 6.07) is 0.975. The molecule has 17 heavy (non-hydrogen) atoms. The molecular weight excluding hydrogens is 296 g/mol. The molecule has 0 aliphatic rings. The maximum atomic E-state index is 13.4. The summed E-state index contributed by atoms with van der Waals surface area (Å²) in [6.45, 7) is 1.82. The lowest BCUT2D eigenvalue weighted by Gasteiger charge is -2.15. The van der Waals surface area contributed by atoms with Crippen LogP contribution < -0.4 is 5.32 Å². The molecule has 0 saturated heterocycles. The van der Waals surface area contributed by atoms with E-state index in [1.165, 1.54) is 0 Å². The van der Waals surface area contributed by atoms with E-state index >= 15 is 0 Å². The SMILES string of the molecule is CCCC(Nc1cc(F)c(Br)cc1F)C(=O)O. The first-order chi connectivity index (χ1) is 7.95. The highest BCUT2D eigenvalue weighted by Gasteiger charge is 2.18. The van der Waals surface area contributed by atoms with Crippen molar-refractivity contribution in [3.05, 3.63) is 28.2 Å². The van der Waals surface area contributed by atoms with Gasteiger partial charge in [0.05, 0.1) is 10.2 Å². The van der Waals surface area contributed by atoms with Crippen LogP contribution in [0, 0.1) is 11.6 Å². The Morgan fingerprint density at radius 3 is 2.65 bits per heavy atom. The average molecular weight is 308 g/mol. The van der Waals surface area contributed by atoms with E-state index in [0.29, 0.717) is 12.8 Å². The molecule has 0 aromatic heterocycles. The Balaban J connectivity index is 2.93. The van der Waals surface area contributed by atoms with E-state index in [4.69, 9.17) is 5.11 Å². The Morgan fingerprint density at radius 2 is 2.12 bits per heavy atom. The Morgan fingerprint density at radius 1 is 1.47 bits per heavy atom. The molecule has 1 aromatic carbocycles. The second kappa shape index (κ2) is 5.95. The summed E-state index contributed by atoms with van der Waals surface area (Å²) in [5.74, 6) is -2.43. The quantitative estimate of drug-likeness (QED) is 0.820. The molecule has 1 aromatic rings. The predicted octanol–water partition coefficient (Wildman–Crippen LogP) is 3.39. The van der Waals surface area contributed by atoms with Gasteiger partial charge in [0.1, 0.15) is 17.7 Å². The second-order valence-electron chi connectivity index (χ2n) is 3.57. The van der Waals surface area contributed by atoms with E-state index in [-0.39, 0.29) is 10.2 Å². The van der Waals surface area contributed by atoms with Crippen LogP contribution in [0.25, 0.3) is 0 Å². The number of benzene rings is 1. The smallest absolute Gasteiger partial charge is 0.326 e. The summed E-state index contributed by atoms with van der Waals surface area (Å²) >= 11 is 2.85. The van der Waals surface area contributed by atoms with Gasteiger partial charge < -0.3 is 10.4 Å². The van der Waals surface area contributed by atoms with Crippen LogP contribution in [0.4, 0.5) is 14.5 Å². The van der Waals surface area contributed by atoms with Crippen molar-refractivity contribution >= 4 is 27.6 Å². The number of carboxylic acids is 1. The third-order valence-electron chi connectivity index (χ3n) is 2.22. The zero-order valence-electron chi connectivity index (χ0n) is 9.14. The molecule has 0 bridgehead atoms. The van der Waals surface area contributed by atoms with Crippen LogP contribution in [-0.2, 0) is 4.79 Å². The molecule has 0 spiro atoms. The topological polar surface area (TPSA) is 49.3 Å². The zero-order chi connectivity index (χ0) is 13.0. The van der Waals surface area contributed by atoms with Crippen LogP contribution in [0.2, 0.25) is 0 Å². The first-order valence-electron chi connectivity index (χ1n) is 5.09. The lowest BCUT2D eigenvalue weighted by Crippen LogP contribution is -2.29. The van der Waals surface area contributed by atoms with Crippen LogP contribution in [0.1, 0.15) is 19.8 Å². The number of carbonyl (C=O) groups is 1. The van der Waals surface area contributed by atoms with Crippen molar-refractivity contribution in [2.75, 3.05) is 5.32 Å². The van der Waals surface area contributed by atoms with E-state index in [9.17, 15) is 13.6 Å². The summed E-state index contributed by atoms with van der Waals surface area (Å²) in [7, 11) is 0. The second-order valence-corrected chi connectivity index (χ2v) is 4.42. The van der Waals surface area contributed by atoms with E-state index in [0.717, 1.165) is 12.1 Å². The van der Waals surface area contributed by atoms with Crippen molar-refractivity contribution in [2.45, 2.75) is 25.8 Å². The Bertz CT molecular complexity index is 426. The molecule has 6 heteroatoms. The Kier molecular flexibility index (Phi) is 4.86. The number of anilines is 1. The molecule has 0 fully saturated rings. The molecule has 0 amide bonds. The summed E-state index contributed by atoms with van der Waals surface area (Å²) in [5, 5.41) is 11.4. The highest BCUT2D eigenvalue weighted by molar-refractivity contribution is 9.10. The number of hydrogen-bond donors (Lipinski definition) is 2. The Hall–Kier alpha value is -1.17. The Labute approximate surface area is 106 Å². The largest absolute Gasteiger partial charge is 0.480 e. The normalized spacial score (nSPS) is 12.2. The van der Waals surface area contributed by atoms with Gasteiger partial charge in [-0.1, -0.05) is 13.3 Å². The summed E-state index contributed by atoms with van der Waals surface area (Å²) in [4.78, 5) is 10.9.